The van der Waals surface area contributed by atoms with Crippen molar-refractivity contribution in [3.63, 3.8) is 0 Å². The summed E-state index contributed by atoms with van der Waals surface area (Å²) in [6, 6.07) is 0. The van der Waals surface area contributed by atoms with Gasteiger partial charge in [-0.1, -0.05) is 0 Å². The molecular formula is C8H19N3O2. The molecule has 1 atom stereocenters. The molecule has 0 aromatic heterocycles. The van der Waals surface area contributed by atoms with E-state index in [1.54, 1.807) is 7.11 Å². The van der Waals surface area contributed by atoms with Gasteiger partial charge in [0, 0.05) is 26.6 Å². The van der Waals surface area contributed by atoms with Crippen LogP contribution in [0.2, 0.25) is 0 Å². The molecule has 0 radical (unpaired) electrons. The molecule has 0 fully saturated rings. The van der Waals surface area contributed by atoms with Gasteiger partial charge in [-0.2, -0.15) is 0 Å². The summed E-state index contributed by atoms with van der Waals surface area (Å²) >= 11 is 0. The van der Waals surface area contributed by atoms with Crippen molar-refractivity contribution in [2.24, 2.45) is 5.73 Å². The van der Waals surface area contributed by atoms with Crippen LogP contribution in [0.5, 0.6) is 0 Å². The first-order valence-corrected chi connectivity index (χ1v) is 4.24. The van der Waals surface area contributed by atoms with Crippen LogP contribution < -0.4 is 5.73 Å². The van der Waals surface area contributed by atoms with Crippen molar-refractivity contribution in [3.05, 3.63) is 0 Å². The summed E-state index contributed by atoms with van der Waals surface area (Å²) in [6.45, 7) is 1.57. The van der Waals surface area contributed by atoms with Gasteiger partial charge in [-0.15, -0.1) is 0 Å². The Morgan fingerprint density at radius 1 is 1.69 bits per heavy atom. The van der Waals surface area contributed by atoms with Gasteiger partial charge in [0.25, 0.3) is 0 Å². The highest BCUT2D eigenvalue weighted by molar-refractivity contribution is 5.76. The molecule has 13 heavy (non-hydrogen) atoms. The maximum Gasteiger partial charge on any atom is 0.0918 e. The maximum atomic E-state index is 9.33. The van der Waals surface area contributed by atoms with Gasteiger partial charge in [-0.25, -0.2) is 0 Å². The van der Waals surface area contributed by atoms with Gasteiger partial charge >= 0.3 is 0 Å². The number of hydrogen-bond donors (Lipinski definition) is 3. The summed E-state index contributed by atoms with van der Waals surface area (Å²) < 4.78 is 4.79. The molecule has 0 bridgehead atoms. The number of methoxy groups -OCH3 is 1. The van der Waals surface area contributed by atoms with Crippen molar-refractivity contribution >= 4 is 5.84 Å². The van der Waals surface area contributed by atoms with E-state index in [9.17, 15) is 5.11 Å². The molecule has 4 N–H and O–H groups in total. The first-order valence-electron chi connectivity index (χ1n) is 4.24. The van der Waals surface area contributed by atoms with Crippen molar-refractivity contribution in [1.82, 2.24) is 4.90 Å². The molecule has 0 aliphatic rings. The molecular weight excluding hydrogens is 170 g/mol. The highest BCUT2D eigenvalue weighted by Gasteiger charge is 2.07. The molecule has 0 saturated heterocycles. The van der Waals surface area contributed by atoms with Gasteiger partial charge in [-0.3, -0.25) is 5.41 Å². The van der Waals surface area contributed by atoms with Crippen molar-refractivity contribution in [2.45, 2.75) is 12.5 Å². The lowest BCUT2D eigenvalue weighted by atomic mass is 10.3. The zero-order valence-corrected chi connectivity index (χ0v) is 8.29. The Morgan fingerprint density at radius 2 is 2.31 bits per heavy atom. The number of aliphatic hydroxyl groups is 1. The Kier molecular flexibility index (Phi) is 6.48. The first-order chi connectivity index (χ1) is 6.06. The monoisotopic (exact) mass is 189 g/mol. The summed E-state index contributed by atoms with van der Waals surface area (Å²) in [7, 11) is 3.43. The number of amidine groups is 1. The fourth-order valence-corrected chi connectivity index (χ4v) is 1.01. The highest BCUT2D eigenvalue weighted by Crippen LogP contribution is 1.91. The maximum absolute atomic E-state index is 9.33. The number of hydrogen-bond acceptors (Lipinski definition) is 4. The first kappa shape index (κ1) is 12.3. The molecule has 0 saturated carbocycles. The second-order valence-corrected chi connectivity index (χ2v) is 3.15. The number of nitrogens with zero attached hydrogens (tertiary/aromatic N) is 1. The zero-order chi connectivity index (χ0) is 10.3. The number of ether oxygens (including phenoxy) is 1. The van der Waals surface area contributed by atoms with Crippen molar-refractivity contribution in [2.75, 3.05) is 33.9 Å². The van der Waals surface area contributed by atoms with Crippen LogP contribution in [0.1, 0.15) is 6.42 Å². The Labute approximate surface area is 79.0 Å². The van der Waals surface area contributed by atoms with E-state index in [4.69, 9.17) is 15.9 Å². The summed E-state index contributed by atoms with van der Waals surface area (Å²) in [6.07, 6.45) is 0.0675. The largest absolute Gasteiger partial charge is 0.389 e. The fourth-order valence-electron chi connectivity index (χ4n) is 1.01. The van der Waals surface area contributed by atoms with Crippen molar-refractivity contribution in [3.8, 4) is 0 Å². The smallest absolute Gasteiger partial charge is 0.0918 e. The van der Waals surface area contributed by atoms with E-state index in [2.05, 4.69) is 0 Å². The summed E-state index contributed by atoms with van der Waals surface area (Å²) in [5, 5.41) is 16.3. The van der Waals surface area contributed by atoms with Crippen LogP contribution in [0.4, 0.5) is 0 Å². The lowest BCUT2D eigenvalue weighted by Crippen LogP contribution is -2.33. The Morgan fingerprint density at radius 3 is 2.77 bits per heavy atom. The molecule has 0 heterocycles. The van der Waals surface area contributed by atoms with Crippen LogP contribution in [0.25, 0.3) is 0 Å². The van der Waals surface area contributed by atoms with Gasteiger partial charge in [0.05, 0.1) is 18.5 Å². The second-order valence-electron chi connectivity index (χ2n) is 3.15. The minimum absolute atomic E-state index is 0.174. The third-order valence-electron chi connectivity index (χ3n) is 1.64. The normalized spacial score (nSPS) is 13.2. The number of nitrogens with one attached hydrogen (secondary N) is 1. The third kappa shape index (κ3) is 7.70. The lowest BCUT2D eigenvalue weighted by molar-refractivity contribution is 0.0438. The van der Waals surface area contributed by atoms with E-state index in [1.807, 2.05) is 11.9 Å². The summed E-state index contributed by atoms with van der Waals surface area (Å²) in [4.78, 5) is 1.92. The van der Waals surface area contributed by atoms with Crippen LogP contribution in [0, 0.1) is 5.41 Å². The van der Waals surface area contributed by atoms with Crippen molar-refractivity contribution in [1.29, 1.82) is 5.41 Å². The molecule has 0 aliphatic carbocycles. The van der Waals surface area contributed by atoms with E-state index < -0.39 is 6.10 Å². The topological polar surface area (TPSA) is 82.6 Å². The molecule has 0 amide bonds. The SMILES string of the molecule is COCC(O)CN(C)CCC(=N)N. The van der Waals surface area contributed by atoms with E-state index >= 15 is 0 Å². The molecule has 0 rings (SSSR count). The number of rotatable bonds is 7. The van der Waals surface area contributed by atoms with Crippen LogP contribution in [-0.4, -0.2) is 55.8 Å². The Balaban J connectivity index is 3.48. The third-order valence-corrected chi connectivity index (χ3v) is 1.64. The van der Waals surface area contributed by atoms with Gasteiger partial charge in [0.2, 0.25) is 0 Å². The van der Waals surface area contributed by atoms with Crippen molar-refractivity contribution < 1.29 is 9.84 Å². The molecule has 5 nitrogen and oxygen atoms in total. The molecule has 0 aromatic carbocycles. The van der Waals surface area contributed by atoms with Gasteiger partial charge in [0.1, 0.15) is 0 Å². The molecule has 0 aromatic rings. The average Bonchev–Trinajstić information content (AvgIpc) is 2.01. The van der Waals surface area contributed by atoms with Crippen LogP contribution in [0.3, 0.4) is 0 Å². The zero-order valence-electron chi connectivity index (χ0n) is 8.29. The minimum atomic E-state index is -0.470. The van der Waals surface area contributed by atoms with Crippen LogP contribution in [-0.2, 0) is 4.74 Å². The molecule has 78 valence electrons. The van der Waals surface area contributed by atoms with Gasteiger partial charge < -0.3 is 20.5 Å². The lowest BCUT2D eigenvalue weighted by Gasteiger charge is -2.19. The van der Waals surface area contributed by atoms with Gasteiger partial charge in [0.15, 0.2) is 0 Å². The molecule has 5 heteroatoms. The van der Waals surface area contributed by atoms with E-state index in [1.165, 1.54) is 0 Å². The second kappa shape index (κ2) is 6.82. The predicted molar refractivity (Wildman–Crippen MR) is 51.9 cm³/mol. The molecule has 0 spiro atoms. The number of aliphatic hydroxyl groups excluding tert-OH is 1. The average molecular weight is 189 g/mol. The van der Waals surface area contributed by atoms with Crippen LogP contribution in [0.15, 0.2) is 0 Å². The number of nitrogens with two attached hydrogens (primary N) is 1. The predicted octanol–water partition coefficient (Wildman–Crippen LogP) is -0.748. The Hall–Kier alpha value is -0.650. The fraction of sp³-hybridized carbons (Fsp3) is 0.875. The molecule has 1 unspecified atom stereocenters. The minimum Gasteiger partial charge on any atom is -0.389 e. The van der Waals surface area contributed by atoms with E-state index in [0.717, 1.165) is 0 Å². The van der Waals surface area contributed by atoms with Crippen LogP contribution >= 0.6 is 0 Å². The van der Waals surface area contributed by atoms with E-state index in [0.29, 0.717) is 26.1 Å². The highest BCUT2D eigenvalue weighted by atomic mass is 16.5. The quantitative estimate of drug-likeness (QED) is 0.363. The number of likely N-dealkylation sites (N-methyl/N-ethyl adjacent to an activating group) is 1. The Bertz CT molecular complexity index is 152. The van der Waals surface area contributed by atoms with Gasteiger partial charge in [-0.05, 0) is 7.05 Å². The summed E-state index contributed by atoms with van der Waals surface area (Å²) in [5.41, 5.74) is 5.20. The van der Waals surface area contributed by atoms with E-state index in [-0.39, 0.29) is 5.84 Å². The standard InChI is InChI=1S/C8H19N3O2/c1-11(4-3-8(9)10)5-7(12)6-13-2/h7,12H,3-6H2,1-2H3,(H3,9,10). The molecule has 0 aliphatic heterocycles. The summed E-state index contributed by atoms with van der Waals surface area (Å²) in [5.74, 6) is 0.174.